The number of carbonyl (C=O) groups excluding carboxylic acids is 1. The minimum atomic E-state index is 0.0690. The molecular weight excluding hydrogens is 382 g/mol. The maximum Gasteiger partial charge on any atom is 0.280 e. The molecule has 1 aliphatic heterocycles. The lowest BCUT2D eigenvalue weighted by Crippen LogP contribution is -2.39. The number of likely N-dealkylation sites (tertiary alicyclic amines) is 1. The zero-order valence-electron chi connectivity index (χ0n) is 16.5. The lowest BCUT2D eigenvalue weighted by atomic mass is 10.0. The van der Waals surface area contributed by atoms with E-state index in [9.17, 15) is 4.79 Å². The van der Waals surface area contributed by atoms with Gasteiger partial charge in [-0.15, -0.1) is 5.10 Å². The first-order chi connectivity index (χ1) is 14.7. The molecule has 9 heteroatoms. The zero-order valence-corrected chi connectivity index (χ0v) is 16.5. The van der Waals surface area contributed by atoms with Crippen molar-refractivity contribution in [2.45, 2.75) is 18.9 Å². The average Bonchev–Trinajstić information content (AvgIpc) is 3.54. The van der Waals surface area contributed by atoms with Crippen molar-refractivity contribution in [2.75, 3.05) is 13.1 Å². The zero-order chi connectivity index (χ0) is 20.5. The molecule has 0 N–H and O–H groups in total. The Labute approximate surface area is 172 Å². The maximum absolute atomic E-state index is 12.7. The van der Waals surface area contributed by atoms with Crippen LogP contribution in [-0.2, 0) is 7.05 Å². The lowest BCUT2D eigenvalue weighted by molar-refractivity contribution is 0.0679. The molecule has 0 bridgehead atoms. The molecule has 1 aliphatic rings. The molecule has 0 atom stereocenters. The number of piperidine rings is 1. The number of amides is 1. The molecule has 0 aliphatic carbocycles. The molecule has 1 saturated heterocycles. The quantitative estimate of drug-likeness (QED) is 0.520. The number of hydrogen-bond acceptors (Lipinski definition) is 6. The molecule has 152 valence electrons. The maximum atomic E-state index is 12.7. The molecule has 0 unspecified atom stereocenters. The highest BCUT2D eigenvalue weighted by Crippen LogP contribution is 2.25. The number of rotatable bonds is 4. The molecular formula is C21H21N7O2. The number of carbonyl (C=O) groups is 1. The second-order valence-electron chi connectivity index (χ2n) is 7.40. The van der Waals surface area contributed by atoms with Crippen molar-refractivity contribution >= 4 is 5.91 Å². The van der Waals surface area contributed by atoms with Crippen molar-refractivity contribution in [2.24, 2.45) is 7.05 Å². The average molecular weight is 403 g/mol. The molecule has 4 heterocycles. The largest absolute Gasteiger partial charge is 0.347 e. The van der Waals surface area contributed by atoms with Crippen LogP contribution in [0.5, 0.6) is 0 Å². The second kappa shape index (κ2) is 7.58. The van der Waals surface area contributed by atoms with Gasteiger partial charge in [-0.2, -0.15) is 4.98 Å². The van der Waals surface area contributed by atoms with E-state index >= 15 is 0 Å². The summed E-state index contributed by atoms with van der Waals surface area (Å²) in [4.78, 5) is 19.0. The molecule has 1 amide bonds. The molecule has 5 rings (SSSR count). The number of hydrogen-bond donors (Lipinski definition) is 0. The van der Waals surface area contributed by atoms with Crippen molar-refractivity contribution in [3.8, 4) is 23.0 Å². The van der Waals surface area contributed by atoms with E-state index in [0.29, 0.717) is 36.2 Å². The first kappa shape index (κ1) is 18.3. The Morgan fingerprint density at radius 1 is 1.10 bits per heavy atom. The Kier molecular flexibility index (Phi) is 4.62. The first-order valence-corrected chi connectivity index (χ1v) is 9.91. The summed E-state index contributed by atoms with van der Waals surface area (Å²) in [5, 5.41) is 12.5. The van der Waals surface area contributed by atoms with Gasteiger partial charge in [0.15, 0.2) is 5.69 Å². The van der Waals surface area contributed by atoms with E-state index in [1.165, 1.54) is 0 Å². The van der Waals surface area contributed by atoms with Gasteiger partial charge in [-0.3, -0.25) is 4.79 Å². The predicted octanol–water partition coefficient (Wildman–Crippen LogP) is 2.81. The summed E-state index contributed by atoms with van der Waals surface area (Å²) in [5.41, 5.74) is 2.14. The highest BCUT2D eigenvalue weighted by Gasteiger charge is 2.27. The van der Waals surface area contributed by atoms with Gasteiger partial charge in [0.1, 0.15) is 5.69 Å². The highest BCUT2D eigenvalue weighted by molar-refractivity contribution is 5.92. The predicted molar refractivity (Wildman–Crippen MR) is 108 cm³/mol. The summed E-state index contributed by atoms with van der Waals surface area (Å²) < 4.78 is 9.07. The van der Waals surface area contributed by atoms with Gasteiger partial charge in [0.25, 0.3) is 11.8 Å². The van der Waals surface area contributed by atoms with Gasteiger partial charge in [-0.25, -0.2) is 4.68 Å². The van der Waals surface area contributed by atoms with Crippen LogP contribution < -0.4 is 0 Å². The fourth-order valence-corrected chi connectivity index (χ4v) is 3.76. The molecule has 9 nitrogen and oxygen atoms in total. The van der Waals surface area contributed by atoms with Crippen LogP contribution in [0.3, 0.4) is 0 Å². The minimum Gasteiger partial charge on any atom is -0.347 e. The molecule has 0 spiro atoms. The molecule has 4 aromatic rings. The summed E-state index contributed by atoms with van der Waals surface area (Å²) >= 11 is 0. The second-order valence-corrected chi connectivity index (χ2v) is 7.40. The van der Waals surface area contributed by atoms with E-state index in [1.54, 1.807) is 0 Å². The van der Waals surface area contributed by atoms with Gasteiger partial charge in [0.2, 0.25) is 5.82 Å². The number of aromatic nitrogens is 6. The normalized spacial score (nSPS) is 14.9. The molecule has 30 heavy (non-hydrogen) atoms. The van der Waals surface area contributed by atoms with Gasteiger partial charge >= 0.3 is 0 Å². The van der Waals surface area contributed by atoms with Gasteiger partial charge in [-0.1, -0.05) is 40.7 Å². The molecule has 0 radical (unpaired) electrons. The standard InChI is InChI=1S/C21H21N7O2/c1-26-11-5-8-18(26)21(29)27-12-9-16(10-13-27)28-14-17(23-25-28)20-22-19(24-30-20)15-6-3-2-4-7-15/h2-8,11,14,16H,9-10,12-13H2,1H3. The van der Waals surface area contributed by atoms with Crippen LogP contribution in [0.2, 0.25) is 0 Å². The Morgan fingerprint density at radius 3 is 2.63 bits per heavy atom. The topological polar surface area (TPSA) is 94.9 Å². The van der Waals surface area contributed by atoms with Crippen molar-refractivity contribution in [3.63, 3.8) is 0 Å². The van der Waals surface area contributed by atoms with Crippen LogP contribution in [0.15, 0.2) is 59.4 Å². The van der Waals surface area contributed by atoms with E-state index in [0.717, 1.165) is 18.4 Å². The van der Waals surface area contributed by atoms with Crippen molar-refractivity contribution in [3.05, 3.63) is 60.6 Å². The van der Waals surface area contributed by atoms with E-state index in [2.05, 4.69) is 20.5 Å². The molecule has 3 aromatic heterocycles. The van der Waals surface area contributed by atoms with Crippen molar-refractivity contribution in [1.29, 1.82) is 0 Å². The monoisotopic (exact) mass is 403 g/mol. The summed E-state index contributed by atoms with van der Waals surface area (Å²) in [7, 11) is 1.89. The van der Waals surface area contributed by atoms with Crippen LogP contribution >= 0.6 is 0 Å². The highest BCUT2D eigenvalue weighted by atomic mass is 16.5. The van der Waals surface area contributed by atoms with E-state index in [-0.39, 0.29) is 11.9 Å². The molecule has 1 aromatic carbocycles. The van der Waals surface area contributed by atoms with Gasteiger partial charge in [-0.05, 0) is 25.0 Å². The van der Waals surface area contributed by atoms with Crippen molar-refractivity contribution < 1.29 is 9.32 Å². The lowest BCUT2D eigenvalue weighted by Gasteiger charge is -2.31. The fraction of sp³-hybridized carbons (Fsp3) is 0.286. The summed E-state index contributed by atoms with van der Waals surface area (Å²) in [5.74, 6) is 0.934. The Bertz CT molecular complexity index is 1150. The summed E-state index contributed by atoms with van der Waals surface area (Å²) in [6.07, 6.45) is 5.36. The van der Waals surface area contributed by atoms with E-state index in [1.807, 2.05) is 76.1 Å². The third-order valence-electron chi connectivity index (χ3n) is 5.48. The third-order valence-corrected chi connectivity index (χ3v) is 5.48. The SMILES string of the molecule is Cn1cccc1C(=O)N1CCC(n2cc(-c3nc(-c4ccccc4)no3)nn2)CC1. The number of nitrogens with zero attached hydrogens (tertiary/aromatic N) is 7. The molecule has 0 saturated carbocycles. The first-order valence-electron chi connectivity index (χ1n) is 9.91. The van der Waals surface area contributed by atoms with Crippen LogP contribution in [-0.4, -0.2) is 53.6 Å². The smallest absolute Gasteiger partial charge is 0.280 e. The Morgan fingerprint density at radius 2 is 1.90 bits per heavy atom. The van der Waals surface area contributed by atoms with Crippen LogP contribution in [0.25, 0.3) is 23.0 Å². The van der Waals surface area contributed by atoms with E-state index in [4.69, 9.17) is 4.52 Å². The van der Waals surface area contributed by atoms with Gasteiger partial charge in [0, 0.05) is 31.9 Å². The van der Waals surface area contributed by atoms with Crippen molar-refractivity contribution in [1.82, 2.24) is 34.6 Å². The molecule has 1 fully saturated rings. The van der Waals surface area contributed by atoms with Crippen LogP contribution in [0.4, 0.5) is 0 Å². The van der Waals surface area contributed by atoms with E-state index < -0.39 is 0 Å². The number of benzene rings is 1. The van der Waals surface area contributed by atoms with Gasteiger partial charge in [0.05, 0.1) is 12.2 Å². The van der Waals surface area contributed by atoms with Crippen LogP contribution in [0.1, 0.15) is 29.4 Å². The summed E-state index contributed by atoms with van der Waals surface area (Å²) in [6.45, 7) is 1.37. The minimum absolute atomic E-state index is 0.0690. The summed E-state index contributed by atoms with van der Waals surface area (Å²) in [6, 6.07) is 13.6. The Balaban J connectivity index is 1.25. The fourth-order valence-electron chi connectivity index (χ4n) is 3.76. The van der Waals surface area contributed by atoms with Crippen LogP contribution in [0, 0.1) is 0 Å². The third kappa shape index (κ3) is 3.38. The number of aryl methyl sites for hydroxylation is 1. The Hall–Kier alpha value is -3.75. The van der Waals surface area contributed by atoms with Gasteiger partial charge < -0.3 is 14.0 Å².